The van der Waals surface area contributed by atoms with Crippen LogP contribution in [-0.4, -0.2) is 61.6 Å². The molecule has 10 nitrogen and oxygen atoms in total. The lowest BCUT2D eigenvalue weighted by atomic mass is 10.0. The Morgan fingerprint density at radius 3 is 2.44 bits per heavy atom. The van der Waals surface area contributed by atoms with Gasteiger partial charge in [0.1, 0.15) is 5.75 Å². The molecule has 1 heterocycles. The van der Waals surface area contributed by atoms with E-state index in [2.05, 4.69) is 15.5 Å². The number of methoxy groups -OCH3 is 1. The quantitative estimate of drug-likeness (QED) is 0.382. The summed E-state index contributed by atoms with van der Waals surface area (Å²) >= 11 is 0. The topological polar surface area (TPSA) is 123 Å². The van der Waals surface area contributed by atoms with Crippen LogP contribution >= 0.6 is 0 Å². The van der Waals surface area contributed by atoms with Gasteiger partial charge >= 0.3 is 11.8 Å². The molecule has 3 rings (SSSR count). The number of nitrogens with zero attached hydrogens (tertiary/aromatic N) is 2. The van der Waals surface area contributed by atoms with Crippen LogP contribution in [0.3, 0.4) is 0 Å². The second-order valence-corrected chi connectivity index (χ2v) is 7.36. The lowest BCUT2D eigenvalue weighted by Gasteiger charge is -2.35. The highest BCUT2D eigenvalue weighted by atomic mass is 16.6. The van der Waals surface area contributed by atoms with E-state index in [1.165, 1.54) is 18.2 Å². The van der Waals surface area contributed by atoms with Crippen LogP contribution in [0, 0.1) is 17.0 Å². The number of hydrogen-bond acceptors (Lipinski definition) is 7. The molecular weight excluding hydrogens is 416 g/mol. The number of morpholine rings is 1. The Balaban J connectivity index is 1.66. The van der Waals surface area contributed by atoms with E-state index >= 15 is 0 Å². The maximum Gasteiger partial charge on any atom is 0.313 e. The van der Waals surface area contributed by atoms with Crippen LogP contribution in [0.15, 0.2) is 42.5 Å². The predicted molar refractivity (Wildman–Crippen MR) is 118 cm³/mol. The average molecular weight is 442 g/mol. The summed E-state index contributed by atoms with van der Waals surface area (Å²) < 4.78 is 10.6. The number of benzene rings is 2. The third kappa shape index (κ3) is 5.80. The van der Waals surface area contributed by atoms with Crippen LogP contribution in [0.5, 0.6) is 5.75 Å². The number of nitro benzene ring substituents is 1. The molecule has 2 amide bonds. The Kier molecular flexibility index (Phi) is 7.74. The van der Waals surface area contributed by atoms with Crippen molar-refractivity contribution in [2.24, 2.45) is 0 Å². The molecule has 1 fully saturated rings. The Bertz CT molecular complexity index is 973. The normalized spacial score (nSPS) is 14.9. The first kappa shape index (κ1) is 23.2. The number of nitro groups is 1. The molecule has 170 valence electrons. The van der Waals surface area contributed by atoms with Gasteiger partial charge in [0.05, 0.1) is 31.3 Å². The van der Waals surface area contributed by atoms with E-state index in [-0.39, 0.29) is 18.3 Å². The summed E-state index contributed by atoms with van der Waals surface area (Å²) in [6.45, 7) is 4.47. The molecule has 1 atom stereocenters. The van der Waals surface area contributed by atoms with Gasteiger partial charge in [-0.15, -0.1) is 0 Å². The molecule has 0 aromatic heterocycles. The summed E-state index contributed by atoms with van der Waals surface area (Å²) in [6.07, 6.45) is 0. The number of rotatable bonds is 7. The first-order valence-electron chi connectivity index (χ1n) is 10.2. The second-order valence-electron chi connectivity index (χ2n) is 7.36. The van der Waals surface area contributed by atoms with Gasteiger partial charge in [-0.2, -0.15) is 0 Å². The van der Waals surface area contributed by atoms with E-state index in [0.717, 1.165) is 11.3 Å². The summed E-state index contributed by atoms with van der Waals surface area (Å²) in [5.41, 5.74) is 1.73. The number of anilines is 1. The fraction of sp³-hybridized carbons (Fsp3) is 0.364. The number of carbonyl (C=O) groups excluding carboxylic acids is 2. The molecule has 1 aliphatic heterocycles. The maximum atomic E-state index is 12.5. The van der Waals surface area contributed by atoms with Crippen LogP contribution < -0.4 is 15.4 Å². The number of non-ortho nitro benzene ring substituents is 1. The monoisotopic (exact) mass is 442 g/mol. The summed E-state index contributed by atoms with van der Waals surface area (Å²) in [6, 6.07) is 11.5. The molecule has 0 radical (unpaired) electrons. The minimum absolute atomic E-state index is 0.0854. The molecule has 32 heavy (non-hydrogen) atoms. The molecular formula is C22H26N4O6. The van der Waals surface area contributed by atoms with E-state index in [1.807, 2.05) is 24.3 Å². The molecule has 0 spiro atoms. The first-order valence-corrected chi connectivity index (χ1v) is 10.2. The second kappa shape index (κ2) is 10.7. The lowest BCUT2D eigenvalue weighted by Crippen LogP contribution is -2.45. The van der Waals surface area contributed by atoms with Crippen molar-refractivity contribution < 1.29 is 24.0 Å². The van der Waals surface area contributed by atoms with Crippen LogP contribution in [0.4, 0.5) is 11.4 Å². The van der Waals surface area contributed by atoms with Crippen LogP contribution in [-0.2, 0) is 14.3 Å². The summed E-state index contributed by atoms with van der Waals surface area (Å²) in [7, 11) is 1.60. The Morgan fingerprint density at radius 1 is 1.16 bits per heavy atom. The molecule has 2 aromatic rings. The molecule has 1 saturated heterocycles. The van der Waals surface area contributed by atoms with Crippen molar-refractivity contribution >= 4 is 23.2 Å². The number of carbonyl (C=O) groups is 2. The maximum absolute atomic E-state index is 12.5. The fourth-order valence-corrected chi connectivity index (χ4v) is 3.52. The van der Waals surface area contributed by atoms with E-state index in [1.54, 1.807) is 14.0 Å². The lowest BCUT2D eigenvalue weighted by molar-refractivity contribution is -0.384. The predicted octanol–water partition coefficient (Wildman–Crippen LogP) is 2.04. The van der Waals surface area contributed by atoms with Crippen molar-refractivity contribution in [1.82, 2.24) is 10.2 Å². The Labute approximate surface area is 185 Å². The van der Waals surface area contributed by atoms with Gasteiger partial charge < -0.3 is 20.1 Å². The van der Waals surface area contributed by atoms with Gasteiger partial charge in [0, 0.05) is 37.5 Å². The van der Waals surface area contributed by atoms with E-state index in [0.29, 0.717) is 37.6 Å². The highest BCUT2D eigenvalue weighted by molar-refractivity contribution is 6.39. The zero-order chi connectivity index (χ0) is 23.1. The molecule has 0 unspecified atom stereocenters. The number of aryl methyl sites for hydroxylation is 1. The number of nitrogens with one attached hydrogen (secondary N) is 2. The van der Waals surface area contributed by atoms with E-state index < -0.39 is 16.7 Å². The largest absolute Gasteiger partial charge is 0.497 e. The number of amides is 2. The van der Waals surface area contributed by atoms with E-state index in [4.69, 9.17) is 9.47 Å². The van der Waals surface area contributed by atoms with Gasteiger partial charge in [-0.05, 0) is 36.2 Å². The minimum atomic E-state index is -0.836. The van der Waals surface area contributed by atoms with Gasteiger partial charge in [-0.3, -0.25) is 24.6 Å². The van der Waals surface area contributed by atoms with Gasteiger partial charge in [-0.25, -0.2) is 0 Å². The number of hydrogen-bond donors (Lipinski definition) is 2. The SMILES string of the molecule is COc1ccc([C@H](CNC(=O)C(=O)Nc2ccc([N+](=O)[O-])cc2C)N2CCOCC2)cc1. The summed E-state index contributed by atoms with van der Waals surface area (Å²) in [5, 5.41) is 16.1. The number of ether oxygens (including phenoxy) is 2. The average Bonchev–Trinajstić information content (AvgIpc) is 2.81. The Hall–Kier alpha value is -3.50. The van der Waals surface area contributed by atoms with Gasteiger partial charge in [0.15, 0.2) is 0 Å². The van der Waals surface area contributed by atoms with Gasteiger partial charge in [0.25, 0.3) is 5.69 Å². The van der Waals surface area contributed by atoms with Crippen LogP contribution in [0.25, 0.3) is 0 Å². The Morgan fingerprint density at radius 2 is 1.84 bits per heavy atom. The van der Waals surface area contributed by atoms with Crippen molar-refractivity contribution in [3.05, 3.63) is 63.7 Å². The summed E-state index contributed by atoms with van der Waals surface area (Å²) in [4.78, 5) is 37.4. The van der Waals surface area contributed by atoms with Crippen molar-refractivity contribution in [3.8, 4) is 5.75 Å². The highest BCUT2D eigenvalue weighted by Gasteiger charge is 2.25. The molecule has 2 aromatic carbocycles. The molecule has 0 saturated carbocycles. The van der Waals surface area contributed by atoms with Crippen LogP contribution in [0.1, 0.15) is 17.2 Å². The van der Waals surface area contributed by atoms with Crippen molar-refractivity contribution in [3.63, 3.8) is 0 Å². The third-order valence-electron chi connectivity index (χ3n) is 5.32. The molecule has 2 N–H and O–H groups in total. The van der Waals surface area contributed by atoms with Crippen molar-refractivity contribution in [2.75, 3.05) is 45.3 Å². The van der Waals surface area contributed by atoms with Gasteiger partial charge in [0.2, 0.25) is 0 Å². The van der Waals surface area contributed by atoms with Crippen LogP contribution in [0.2, 0.25) is 0 Å². The van der Waals surface area contributed by atoms with Crippen molar-refractivity contribution in [2.45, 2.75) is 13.0 Å². The molecule has 10 heteroatoms. The van der Waals surface area contributed by atoms with Gasteiger partial charge in [-0.1, -0.05) is 12.1 Å². The zero-order valence-electron chi connectivity index (χ0n) is 18.0. The fourth-order valence-electron chi connectivity index (χ4n) is 3.52. The zero-order valence-corrected chi connectivity index (χ0v) is 18.0. The third-order valence-corrected chi connectivity index (χ3v) is 5.32. The van der Waals surface area contributed by atoms with Crippen molar-refractivity contribution in [1.29, 1.82) is 0 Å². The molecule has 0 aliphatic carbocycles. The first-order chi connectivity index (χ1) is 15.4. The highest BCUT2D eigenvalue weighted by Crippen LogP contribution is 2.24. The standard InChI is InChI=1S/C22H26N4O6/c1-15-13-17(26(29)30)5-8-19(15)24-22(28)21(27)23-14-20(25-9-11-32-12-10-25)16-3-6-18(31-2)7-4-16/h3-8,13,20H,9-12,14H2,1-2H3,(H,23,27)(H,24,28)/t20-/m0/s1. The molecule has 0 bridgehead atoms. The summed E-state index contributed by atoms with van der Waals surface area (Å²) in [5.74, 6) is -0.886. The van der Waals surface area contributed by atoms with E-state index in [9.17, 15) is 19.7 Å². The smallest absolute Gasteiger partial charge is 0.313 e. The minimum Gasteiger partial charge on any atom is -0.497 e. The molecule has 1 aliphatic rings.